The van der Waals surface area contributed by atoms with Gasteiger partial charge in [0.1, 0.15) is 4.83 Å². The van der Waals surface area contributed by atoms with Crippen LogP contribution >= 0.6 is 11.3 Å². The number of fused-ring (bicyclic) bond motifs is 1. The van der Waals surface area contributed by atoms with Gasteiger partial charge in [-0.25, -0.2) is 0 Å². The van der Waals surface area contributed by atoms with E-state index in [1.54, 1.807) is 0 Å². The summed E-state index contributed by atoms with van der Waals surface area (Å²) in [6, 6.07) is 1.93. The third kappa shape index (κ3) is 3.27. The molecule has 114 valence electrons. The van der Waals surface area contributed by atoms with Crippen molar-refractivity contribution in [3.05, 3.63) is 17.1 Å². The van der Waals surface area contributed by atoms with Crippen LogP contribution in [0.3, 0.4) is 0 Å². The van der Waals surface area contributed by atoms with Crippen molar-refractivity contribution < 1.29 is 4.79 Å². The summed E-state index contributed by atoms with van der Waals surface area (Å²) in [7, 11) is 0. The molecule has 2 aromatic heterocycles. The quantitative estimate of drug-likeness (QED) is 0.890. The van der Waals surface area contributed by atoms with Crippen LogP contribution in [0.5, 0.6) is 0 Å². The number of nitrogens with two attached hydrogens (primary N) is 1. The first-order chi connectivity index (χ1) is 10.3. The third-order valence-corrected chi connectivity index (χ3v) is 5.28. The van der Waals surface area contributed by atoms with Gasteiger partial charge in [0.05, 0.1) is 11.1 Å². The van der Waals surface area contributed by atoms with E-state index >= 15 is 0 Å². The zero-order valence-corrected chi connectivity index (χ0v) is 13.0. The molecule has 1 amide bonds. The summed E-state index contributed by atoms with van der Waals surface area (Å²) in [5.74, 6) is 0.698. The molecule has 2 heterocycles. The van der Waals surface area contributed by atoms with Crippen LogP contribution in [0.1, 0.15) is 41.8 Å². The molecule has 0 unspecified atom stereocenters. The molecule has 1 saturated carbocycles. The largest absolute Gasteiger partial charge is 0.350 e. The molecule has 1 fully saturated rings. The number of hydrogen-bond donors (Lipinski definition) is 2. The second-order valence-electron chi connectivity index (χ2n) is 5.75. The van der Waals surface area contributed by atoms with Crippen molar-refractivity contribution in [1.82, 2.24) is 15.1 Å². The van der Waals surface area contributed by atoms with E-state index in [1.165, 1.54) is 43.4 Å². The second-order valence-corrected chi connectivity index (χ2v) is 6.78. The van der Waals surface area contributed by atoms with Crippen LogP contribution in [-0.2, 0) is 6.54 Å². The second kappa shape index (κ2) is 6.58. The smallest absolute Gasteiger partial charge is 0.261 e. The molecule has 0 aromatic carbocycles. The van der Waals surface area contributed by atoms with Gasteiger partial charge in [-0.1, -0.05) is 19.3 Å². The lowest BCUT2D eigenvalue weighted by molar-refractivity contribution is 0.0959. The third-order valence-electron chi connectivity index (χ3n) is 4.12. The lowest BCUT2D eigenvalue weighted by atomic mass is 9.89. The number of hydrogen-bond acceptors (Lipinski definition) is 4. The van der Waals surface area contributed by atoms with Crippen molar-refractivity contribution in [2.24, 2.45) is 11.7 Å². The summed E-state index contributed by atoms with van der Waals surface area (Å²) < 4.78 is 2.08. The molecule has 6 heteroatoms. The predicted octanol–water partition coefficient (Wildman–Crippen LogP) is 2.37. The highest BCUT2D eigenvalue weighted by Crippen LogP contribution is 2.29. The summed E-state index contributed by atoms with van der Waals surface area (Å²) in [6.45, 7) is 1.96. The maximum absolute atomic E-state index is 12.0. The van der Waals surface area contributed by atoms with Gasteiger partial charge in [0.2, 0.25) is 0 Å². The van der Waals surface area contributed by atoms with Gasteiger partial charge < -0.3 is 11.1 Å². The molecule has 0 spiro atoms. The molecule has 1 aliphatic carbocycles. The molecule has 0 radical (unpaired) electrons. The van der Waals surface area contributed by atoms with Gasteiger partial charge in [-0.3, -0.25) is 9.48 Å². The average molecular weight is 306 g/mol. The van der Waals surface area contributed by atoms with Crippen LogP contribution in [0, 0.1) is 5.92 Å². The number of amides is 1. The normalized spacial score (nSPS) is 16.4. The zero-order valence-electron chi connectivity index (χ0n) is 12.2. The molecule has 0 saturated heterocycles. The molecule has 0 aliphatic heterocycles. The fraction of sp³-hybridized carbons (Fsp3) is 0.600. The zero-order chi connectivity index (χ0) is 14.7. The molecular weight excluding hydrogens is 284 g/mol. The van der Waals surface area contributed by atoms with Gasteiger partial charge >= 0.3 is 0 Å². The Balaban J connectivity index is 1.74. The van der Waals surface area contributed by atoms with E-state index in [2.05, 4.69) is 15.1 Å². The molecule has 3 N–H and O–H groups in total. The van der Waals surface area contributed by atoms with Gasteiger partial charge in [-0.05, 0) is 24.8 Å². The van der Waals surface area contributed by atoms with E-state index in [9.17, 15) is 4.79 Å². The Kier molecular flexibility index (Phi) is 4.55. The Morgan fingerprint density at radius 3 is 3.00 bits per heavy atom. The molecule has 3 rings (SSSR count). The van der Waals surface area contributed by atoms with E-state index in [1.807, 2.05) is 12.3 Å². The minimum atomic E-state index is -0.0362. The standard InChI is InChI=1S/C15H22N4OS/c16-6-7-17-14(20)13-8-12-9-18-19(15(12)21-13)10-11-4-2-1-3-5-11/h8-9,11H,1-7,10,16H2,(H,17,20). The Bertz CT molecular complexity index is 612. The Labute approximate surface area is 128 Å². The van der Waals surface area contributed by atoms with Crippen molar-refractivity contribution in [3.63, 3.8) is 0 Å². The Hall–Kier alpha value is -1.40. The first kappa shape index (κ1) is 14.5. The summed E-state index contributed by atoms with van der Waals surface area (Å²) in [4.78, 5) is 13.8. The molecule has 0 bridgehead atoms. The molecule has 2 aromatic rings. The number of thiophene rings is 1. The van der Waals surface area contributed by atoms with E-state index in [0.717, 1.165) is 27.6 Å². The molecular formula is C15H22N4OS. The van der Waals surface area contributed by atoms with Crippen molar-refractivity contribution in [2.45, 2.75) is 38.6 Å². The van der Waals surface area contributed by atoms with E-state index in [4.69, 9.17) is 5.73 Å². The molecule has 1 aliphatic rings. The summed E-state index contributed by atoms with van der Waals surface area (Å²) in [5.41, 5.74) is 5.41. The van der Waals surface area contributed by atoms with Crippen molar-refractivity contribution >= 4 is 27.5 Å². The van der Waals surface area contributed by atoms with Gasteiger partial charge in [-0.2, -0.15) is 5.10 Å². The van der Waals surface area contributed by atoms with Crippen LogP contribution in [0.25, 0.3) is 10.2 Å². The maximum atomic E-state index is 12.0. The van der Waals surface area contributed by atoms with Gasteiger partial charge in [0.15, 0.2) is 0 Å². The van der Waals surface area contributed by atoms with Crippen LogP contribution in [-0.4, -0.2) is 28.8 Å². The lowest BCUT2D eigenvalue weighted by Gasteiger charge is -2.21. The van der Waals surface area contributed by atoms with E-state index in [-0.39, 0.29) is 5.91 Å². The van der Waals surface area contributed by atoms with Crippen LogP contribution in [0.2, 0.25) is 0 Å². The first-order valence-electron chi connectivity index (χ1n) is 7.71. The molecule has 21 heavy (non-hydrogen) atoms. The summed E-state index contributed by atoms with van der Waals surface area (Å²) in [6.07, 6.45) is 8.52. The number of carbonyl (C=O) groups is 1. The van der Waals surface area contributed by atoms with Gasteiger partial charge in [-0.15, -0.1) is 11.3 Å². The average Bonchev–Trinajstić information content (AvgIpc) is 3.08. The topological polar surface area (TPSA) is 72.9 Å². The highest BCUT2D eigenvalue weighted by Gasteiger charge is 2.18. The van der Waals surface area contributed by atoms with E-state index < -0.39 is 0 Å². The number of nitrogens with one attached hydrogen (secondary N) is 1. The van der Waals surface area contributed by atoms with Crippen LogP contribution in [0.15, 0.2) is 12.3 Å². The highest BCUT2D eigenvalue weighted by atomic mass is 32.1. The Morgan fingerprint density at radius 1 is 1.43 bits per heavy atom. The molecule has 0 atom stereocenters. The SMILES string of the molecule is NCCNC(=O)c1cc2cnn(CC3CCCCC3)c2s1. The number of carbonyl (C=O) groups excluding carboxylic acids is 1. The van der Waals surface area contributed by atoms with Crippen LogP contribution in [0.4, 0.5) is 0 Å². The minimum Gasteiger partial charge on any atom is -0.350 e. The molecule has 5 nitrogen and oxygen atoms in total. The lowest BCUT2D eigenvalue weighted by Crippen LogP contribution is -2.28. The number of rotatable bonds is 5. The summed E-state index contributed by atoms with van der Waals surface area (Å²) in [5, 5.41) is 8.37. The first-order valence-corrected chi connectivity index (χ1v) is 8.53. The summed E-state index contributed by atoms with van der Waals surface area (Å²) >= 11 is 1.53. The fourth-order valence-electron chi connectivity index (χ4n) is 3.00. The van der Waals surface area contributed by atoms with Crippen molar-refractivity contribution in [2.75, 3.05) is 13.1 Å². The monoisotopic (exact) mass is 306 g/mol. The van der Waals surface area contributed by atoms with Crippen molar-refractivity contribution in [1.29, 1.82) is 0 Å². The predicted molar refractivity (Wildman–Crippen MR) is 85.6 cm³/mol. The fourth-order valence-corrected chi connectivity index (χ4v) is 4.02. The highest BCUT2D eigenvalue weighted by molar-refractivity contribution is 7.20. The van der Waals surface area contributed by atoms with E-state index in [0.29, 0.717) is 13.1 Å². The van der Waals surface area contributed by atoms with Gasteiger partial charge in [0.25, 0.3) is 5.91 Å². The number of nitrogens with zero attached hydrogens (tertiary/aromatic N) is 2. The van der Waals surface area contributed by atoms with Crippen LogP contribution < -0.4 is 11.1 Å². The van der Waals surface area contributed by atoms with Gasteiger partial charge in [0, 0.05) is 25.0 Å². The minimum absolute atomic E-state index is 0.0362. The van der Waals surface area contributed by atoms with Crippen molar-refractivity contribution in [3.8, 4) is 0 Å². The number of aromatic nitrogens is 2. The Morgan fingerprint density at radius 2 is 2.24 bits per heavy atom. The maximum Gasteiger partial charge on any atom is 0.261 e.